The summed E-state index contributed by atoms with van der Waals surface area (Å²) < 4.78 is 11.1. The molecule has 2 N–H and O–H groups in total. The first-order valence-corrected chi connectivity index (χ1v) is 5.22. The van der Waals surface area contributed by atoms with Gasteiger partial charge in [0.2, 0.25) is 0 Å². The minimum Gasteiger partial charge on any atom is -0.379 e. The third-order valence-corrected chi connectivity index (χ3v) is 2.50. The Morgan fingerprint density at radius 3 is 2.00 bits per heavy atom. The van der Waals surface area contributed by atoms with Gasteiger partial charge in [-0.3, -0.25) is 0 Å². The van der Waals surface area contributed by atoms with Crippen LogP contribution >= 0.6 is 0 Å². The third kappa shape index (κ3) is 6.35. The van der Waals surface area contributed by atoms with E-state index in [1.165, 1.54) is 0 Å². The number of hydrogen-bond donors (Lipinski definition) is 1. The third-order valence-electron chi connectivity index (χ3n) is 2.50. The molecule has 0 amide bonds. The Balaban J connectivity index is 3.73. The van der Waals surface area contributed by atoms with Crippen molar-refractivity contribution in [3.63, 3.8) is 0 Å². The first-order chi connectivity index (χ1) is 6.33. The van der Waals surface area contributed by atoms with Gasteiger partial charge in [0, 0.05) is 7.11 Å². The minimum absolute atomic E-state index is 0.0984. The lowest BCUT2D eigenvalue weighted by Gasteiger charge is -2.28. The Kier molecular flexibility index (Phi) is 5.64. The van der Waals surface area contributed by atoms with Gasteiger partial charge in [0.15, 0.2) is 0 Å². The molecule has 0 saturated carbocycles. The molecule has 0 aliphatic rings. The maximum Gasteiger partial charge on any atom is 0.0644 e. The zero-order valence-corrected chi connectivity index (χ0v) is 10.2. The van der Waals surface area contributed by atoms with Crippen LogP contribution in [0.1, 0.15) is 40.5 Å². The molecule has 0 aliphatic heterocycles. The Morgan fingerprint density at radius 2 is 1.57 bits per heavy atom. The van der Waals surface area contributed by atoms with Gasteiger partial charge in [-0.05, 0) is 47.1 Å². The van der Waals surface area contributed by atoms with Crippen LogP contribution in [0.4, 0.5) is 0 Å². The molecule has 3 heteroatoms. The maximum absolute atomic E-state index is 5.75. The Labute approximate surface area is 88.0 Å². The molecule has 0 unspecified atom stereocenters. The van der Waals surface area contributed by atoms with Crippen molar-refractivity contribution < 1.29 is 9.47 Å². The number of nitrogens with two attached hydrogens (primary N) is 1. The van der Waals surface area contributed by atoms with Gasteiger partial charge in [-0.15, -0.1) is 0 Å². The topological polar surface area (TPSA) is 44.5 Å². The van der Waals surface area contributed by atoms with Gasteiger partial charge in [0.25, 0.3) is 0 Å². The van der Waals surface area contributed by atoms with Crippen molar-refractivity contribution in [2.24, 2.45) is 5.73 Å². The van der Waals surface area contributed by atoms with Crippen molar-refractivity contribution in [1.29, 1.82) is 0 Å². The van der Waals surface area contributed by atoms with E-state index in [-0.39, 0.29) is 11.2 Å². The summed E-state index contributed by atoms with van der Waals surface area (Å²) >= 11 is 0. The molecule has 0 aromatic carbocycles. The SMILES string of the molecule is COC(C)(C)CCOC(C)(C)CCN. The number of methoxy groups -OCH3 is 1. The van der Waals surface area contributed by atoms with Crippen molar-refractivity contribution in [2.45, 2.75) is 51.7 Å². The van der Waals surface area contributed by atoms with Gasteiger partial charge in [-0.1, -0.05) is 0 Å². The maximum atomic E-state index is 5.75. The highest BCUT2D eigenvalue weighted by Gasteiger charge is 2.20. The molecule has 14 heavy (non-hydrogen) atoms. The van der Waals surface area contributed by atoms with Crippen LogP contribution in [-0.2, 0) is 9.47 Å². The van der Waals surface area contributed by atoms with Gasteiger partial charge in [0.05, 0.1) is 17.8 Å². The van der Waals surface area contributed by atoms with Crippen LogP contribution in [0.2, 0.25) is 0 Å². The molecule has 0 saturated heterocycles. The molecule has 0 aromatic rings. The number of hydrogen-bond acceptors (Lipinski definition) is 3. The van der Waals surface area contributed by atoms with E-state index >= 15 is 0 Å². The van der Waals surface area contributed by atoms with E-state index in [0.717, 1.165) is 12.8 Å². The van der Waals surface area contributed by atoms with E-state index in [9.17, 15) is 0 Å². The number of ether oxygens (including phenoxy) is 2. The molecule has 86 valence electrons. The Bertz CT molecular complexity index is 155. The average Bonchev–Trinajstić information content (AvgIpc) is 2.03. The molecule has 0 aliphatic carbocycles. The summed E-state index contributed by atoms with van der Waals surface area (Å²) in [5, 5.41) is 0. The fraction of sp³-hybridized carbons (Fsp3) is 1.00. The lowest BCUT2D eigenvalue weighted by molar-refractivity contribution is -0.0600. The fourth-order valence-corrected chi connectivity index (χ4v) is 1.09. The highest BCUT2D eigenvalue weighted by atomic mass is 16.5. The van der Waals surface area contributed by atoms with Gasteiger partial charge in [-0.25, -0.2) is 0 Å². The van der Waals surface area contributed by atoms with E-state index < -0.39 is 0 Å². The highest BCUT2D eigenvalue weighted by molar-refractivity contribution is 4.71. The molecule has 0 aromatic heterocycles. The van der Waals surface area contributed by atoms with Crippen LogP contribution in [0.3, 0.4) is 0 Å². The molecule has 0 heterocycles. The van der Waals surface area contributed by atoms with Crippen LogP contribution in [0.25, 0.3) is 0 Å². The Hall–Kier alpha value is -0.120. The lowest BCUT2D eigenvalue weighted by Crippen LogP contribution is -2.31. The van der Waals surface area contributed by atoms with Crippen molar-refractivity contribution in [3.8, 4) is 0 Å². The molecule has 0 fully saturated rings. The molecule has 3 nitrogen and oxygen atoms in total. The van der Waals surface area contributed by atoms with E-state index in [4.69, 9.17) is 15.2 Å². The van der Waals surface area contributed by atoms with Crippen molar-refractivity contribution >= 4 is 0 Å². The quantitative estimate of drug-likeness (QED) is 0.688. The van der Waals surface area contributed by atoms with Crippen LogP contribution < -0.4 is 5.73 Å². The second-order valence-electron chi connectivity index (χ2n) is 4.86. The zero-order valence-electron chi connectivity index (χ0n) is 10.2. The van der Waals surface area contributed by atoms with Crippen LogP contribution in [0.15, 0.2) is 0 Å². The predicted octanol–water partition coefficient (Wildman–Crippen LogP) is 1.95. The zero-order chi connectivity index (χ0) is 11.2. The van der Waals surface area contributed by atoms with Gasteiger partial charge in [0.1, 0.15) is 0 Å². The second kappa shape index (κ2) is 5.69. The van der Waals surface area contributed by atoms with Crippen molar-refractivity contribution in [1.82, 2.24) is 0 Å². The van der Waals surface area contributed by atoms with Crippen LogP contribution in [-0.4, -0.2) is 31.5 Å². The van der Waals surface area contributed by atoms with E-state index in [1.54, 1.807) is 7.11 Å². The summed E-state index contributed by atoms with van der Waals surface area (Å²) in [6.45, 7) is 9.65. The summed E-state index contributed by atoms with van der Waals surface area (Å²) in [5.74, 6) is 0. The summed E-state index contributed by atoms with van der Waals surface area (Å²) in [6, 6.07) is 0. The first-order valence-electron chi connectivity index (χ1n) is 5.22. The minimum atomic E-state index is -0.113. The standard InChI is InChI=1S/C11H25NO2/c1-10(2,13-5)7-9-14-11(3,4)6-8-12/h6-9,12H2,1-5H3. The smallest absolute Gasteiger partial charge is 0.0644 e. The van der Waals surface area contributed by atoms with Gasteiger partial charge >= 0.3 is 0 Å². The monoisotopic (exact) mass is 203 g/mol. The lowest BCUT2D eigenvalue weighted by atomic mass is 10.0. The summed E-state index contributed by atoms with van der Waals surface area (Å²) in [7, 11) is 1.73. The molecule has 0 rings (SSSR count). The first kappa shape index (κ1) is 13.9. The molecule has 0 radical (unpaired) electrons. The van der Waals surface area contributed by atoms with Gasteiger partial charge < -0.3 is 15.2 Å². The molecular formula is C11H25NO2. The van der Waals surface area contributed by atoms with Crippen LogP contribution in [0, 0.1) is 0 Å². The van der Waals surface area contributed by atoms with E-state index in [1.807, 2.05) is 0 Å². The molecule has 0 bridgehead atoms. The van der Waals surface area contributed by atoms with E-state index in [0.29, 0.717) is 13.2 Å². The molecular weight excluding hydrogens is 178 g/mol. The van der Waals surface area contributed by atoms with Crippen molar-refractivity contribution in [3.05, 3.63) is 0 Å². The summed E-state index contributed by atoms with van der Waals surface area (Å²) in [6.07, 6.45) is 1.79. The second-order valence-corrected chi connectivity index (χ2v) is 4.86. The van der Waals surface area contributed by atoms with Crippen LogP contribution in [0.5, 0.6) is 0 Å². The molecule has 0 spiro atoms. The van der Waals surface area contributed by atoms with Crippen molar-refractivity contribution in [2.75, 3.05) is 20.3 Å². The van der Waals surface area contributed by atoms with E-state index in [2.05, 4.69) is 27.7 Å². The largest absolute Gasteiger partial charge is 0.379 e. The summed E-state index contributed by atoms with van der Waals surface area (Å²) in [5.41, 5.74) is 5.28. The van der Waals surface area contributed by atoms with Gasteiger partial charge in [-0.2, -0.15) is 0 Å². The normalized spacial score (nSPS) is 13.3. The predicted molar refractivity (Wildman–Crippen MR) is 59.4 cm³/mol. The molecule has 0 atom stereocenters. The number of rotatable bonds is 7. The average molecular weight is 203 g/mol. The highest BCUT2D eigenvalue weighted by Crippen LogP contribution is 2.18. The Morgan fingerprint density at radius 1 is 1.00 bits per heavy atom. The summed E-state index contributed by atoms with van der Waals surface area (Å²) in [4.78, 5) is 0. The fourth-order valence-electron chi connectivity index (χ4n) is 1.09.